The van der Waals surface area contributed by atoms with Crippen LogP contribution in [-0.4, -0.2) is 0 Å². The summed E-state index contributed by atoms with van der Waals surface area (Å²) >= 11 is 0. The minimum Gasteiger partial charge on any atom is -0.311 e. The second kappa shape index (κ2) is 19.9. The Hall–Kier alpha value is -6.64. The molecule has 0 amide bonds. The molecular weight excluding hydrogens is 857 g/mol. The topological polar surface area (TPSA) is 6.48 Å². The highest BCUT2D eigenvalue weighted by molar-refractivity contribution is 5.87. The Bertz CT molecular complexity index is 2760. The van der Waals surface area contributed by atoms with Gasteiger partial charge in [0.25, 0.3) is 0 Å². The Morgan fingerprint density at radius 3 is 0.831 bits per heavy atom. The summed E-state index contributed by atoms with van der Waals surface area (Å²) in [7, 11) is 0. The summed E-state index contributed by atoms with van der Waals surface area (Å²) in [6.45, 7) is 28.1. The van der Waals surface area contributed by atoms with E-state index in [0.29, 0.717) is 11.8 Å². The number of benzene rings is 8. The lowest BCUT2D eigenvalue weighted by Gasteiger charge is -2.40. The highest BCUT2D eigenvalue weighted by Gasteiger charge is 2.46. The average molecular weight is 933 g/mol. The Balaban J connectivity index is 1.14. The molecule has 0 spiro atoms. The molecule has 0 radical (unpaired) electrons. The minimum absolute atomic E-state index is 0.159. The van der Waals surface area contributed by atoms with Crippen molar-refractivity contribution in [1.29, 1.82) is 0 Å². The zero-order chi connectivity index (χ0) is 50.2. The molecule has 0 aromatic heterocycles. The van der Waals surface area contributed by atoms with Gasteiger partial charge >= 0.3 is 0 Å². The van der Waals surface area contributed by atoms with Crippen LogP contribution in [0.15, 0.2) is 182 Å². The number of hydrogen-bond donors (Lipinski definition) is 0. The van der Waals surface area contributed by atoms with Gasteiger partial charge in [0.15, 0.2) is 0 Å². The van der Waals surface area contributed by atoms with E-state index in [0.717, 1.165) is 47.0 Å². The molecule has 2 unspecified atom stereocenters. The second-order valence-electron chi connectivity index (χ2n) is 23.9. The fourth-order valence-corrected chi connectivity index (χ4v) is 12.1. The molecule has 1 aliphatic carbocycles. The van der Waals surface area contributed by atoms with Gasteiger partial charge in [-0.3, -0.25) is 0 Å². The van der Waals surface area contributed by atoms with Gasteiger partial charge in [0, 0.05) is 39.5 Å². The first-order valence-electron chi connectivity index (χ1n) is 26.2. The van der Waals surface area contributed by atoms with Crippen molar-refractivity contribution in [3.05, 3.63) is 215 Å². The maximum Gasteiger partial charge on any atom is 0.0462 e. The Labute approximate surface area is 427 Å². The number of aryl methyl sites for hydroxylation is 4. The molecule has 0 heterocycles. The van der Waals surface area contributed by atoms with Gasteiger partial charge in [-0.2, -0.15) is 0 Å². The third-order valence-electron chi connectivity index (χ3n) is 14.8. The standard InChI is InChI=1S/C69H76N2/c1-47-13-27-57(28-14-47)70(58-29-15-48(2)16-30-58)61-35-21-53(22-36-61)55-25-39-63-64-40-26-56(42-66(64)69(65(63)41-55,45-51(5)43-67(7,8)9)46-52(6)44-68(10,11)12)54-23-37-62(38-24-54)71(59-31-17-49(3)18-32-59)60-33-19-50(4)20-34-60/h13-42,51-52H,43-46H2,1-12H3. The summed E-state index contributed by atoms with van der Waals surface area (Å²) in [5.41, 5.74) is 23.1. The molecule has 71 heavy (non-hydrogen) atoms. The fourth-order valence-electron chi connectivity index (χ4n) is 12.1. The van der Waals surface area contributed by atoms with Crippen molar-refractivity contribution in [1.82, 2.24) is 0 Å². The summed E-state index contributed by atoms with van der Waals surface area (Å²) in [6.07, 6.45) is 4.56. The first-order chi connectivity index (χ1) is 33.8. The van der Waals surface area contributed by atoms with Crippen molar-refractivity contribution >= 4 is 34.1 Å². The molecule has 0 N–H and O–H groups in total. The largest absolute Gasteiger partial charge is 0.311 e. The molecule has 2 atom stereocenters. The van der Waals surface area contributed by atoms with Crippen LogP contribution in [0.1, 0.15) is 114 Å². The van der Waals surface area contributed by atoms with Gasteiger partial charge < -0.3 is 9.80 Å². The normalized spacial score (nSPS) is 13.9. The fraction of sp³-hybridized carbons (Fsp3) is 0.304. The first-order valence-corrected chi connectivity index (χ1v) is 26.2. The lowest BCUT2D eigenvalue weighted by atomic mass is 9.64. The highest BCUT2D eigenvalue weighted by atomic mass is 15.1. The lowest BCUT2D eigenvalue weighted by molar-refractivity contribution is 0.222. The molecule has 0 bridgehead atoms. The lowest BCUT2D eigenvalue weighted by Crippen LogP contribution is -2.32. The molecular formula is C69H76N2. The second-order valence-corrected chi connectivity index (χ2v) is 23.9. The van der Waals surface area contributed by atoms with Crippen LogP contribution in [0.3, 0.4) is 0 Å². The predicted molar refractivity (Wildman–Crippen MR) is 308 cm³/mol. The monoisotopic (exact) mass is 933 g/mol. The Morgan fingerprint density at radius 2 is 0.577 bits per heavy atom. The summed E-state index contributed by atoms with van der Waals surface area (Å²) < 4.78 is 0. The SMILES string of the molecule is Cc1ccc(N(c2ccc(C)cc2)c2ccc(-c3ccc4c(c3)C(CC(C)CC(C)(C)C)(CC(C)CC(C)(C)C)c3cc(-c5ccc(N(c6ccc(C)cc6)c6ccc(C)cc6)cc5)ccc3-4)cc2)cc1. The maximum atomic E-state index is 2.59. The van der Waals surface area contributed by atoms with Crippen LogP contribution < -0.4 is 9.80 Å². The quantitative estimate of drug-likeness (QED) is 0.107. The van der Waals surface area contributed by atoms with Gasteiger partial charge in [0.05, 0.1) is 0 Å². The molecule has 1 aliphatic rings. The number of anilines is 6. The summed E-state index contributed by atoms with van der Waals surface area (Å²) in [4.78, 5) is 4.74. The van der Waals surface area contributed by atoms with Crippen molar-refractivity contribution < 1.29 is 0 Å². The van der Waals surface area contributed by atoms with E-state index >= 15 is 0 Å². The van der Waals surface area contributed by atoms with Gasteiger partial charge in [-0.25, -0.2) is 0 Å². The van der Waals surface area contributed by atoms with Crippen molar-refractivity contribution in [2.45, 2.75) is 114 Å². The van der Waals surface area contributed by atoms with Gasteiger partial charge in [-0.1, -0.05) is 175 Å². The average Bonchev–Trinajstić information content (AvgIpc) is 3.57. The van der Waals surface area contributed by atoms with Crippen LogP contribution in [0, 0.1) is 50.4 Å². The Morgan fingerprint density at radius 1 is 0.338 bits per heavy atom. The number of rotatable bonds is 14. The summed E-state index contributed by atoms with van der Waals surface area (Å²) in [5, 5.41) is 0. The van der Waals surface area contributed by atoms with E-state index in [1.807, 2.05) is 0 Å². The van der Waals surface area contributed by atoms with E-state index in [1.165, 1.54) is 79.6 Å². The van der Waals surface area contributed by atoms with Crippen molar-refractivity contribution in [2.24, 2.45) is 22.7 Å². The number of hydrogen-bond acceptors (Lipinski definition) is 2. The summed E-state index contributed by atoms with van der Waals surface area (Å²) in [6, 6.07) is 68.9. The van der Waals surface area contributed by atoms with E-state index in [4.69, 9.17) is 0 Å². The van der Waals surface area contributed by atoms with Crippen molar-refractivity contribution in [2.75, 3.05) is 9.80 Å². The molecule has 8 aromatic carbocycles. The third kappa shape index (κ3) is 11.0. The van der Waals surface area contributed by atoms with Gasteiger partial charge in [-0.05, 0) is 205 Å². The smallest absolute Gasteiger partial charge is 0.0462 e. The molecule has 0 saturated carbocycles. The molecule has 2 nitrogen and oxygen atoms in total. The highest BCUT2D eigenvalue weighted by Crippen LogP contribution is 2.58. The van der Waals surface area contributed by atoms with Crippen LogP contribution in [0.4, 0.5) is 34.1 Å². The molecule has 8 aromatic rings. The third-order valence-corrected chi connectivity index (χ3v) is 14.8. The Kier molecular flexibility index (Phi) is 13.8. The zero-order valence-corrected chi connectivity index (χ0v) is 44.7. The van der Waals surface area contributed by atoms with E-state index in [2.05, 4.69) is 275 Å². The maximum absolute atomic E-state index is 2.59. The van der Waals surface area contributed by atoms with Crippen LogP contribution >= 0.6 is 0 Å². The van der Waals surface area contributed by atoms with Crippen molar-refractivity contribution in [3.8, 4) is 33.4 Å². The van der Waals surface area contributed by atoms with Crippen molar-refractivity contribution in [3.63, 3.8) is 0 Å². The van der Waals surface area contributed by atoms with Crippen LogP contribution in [-0.2, 0) is 5.41 Å². The van der Waals surface area contributed by atoms with Gasteiger partial charge in [0.1, 0.15) is 0 Å². The first kappa shape index (κ1) is 49.3. The van der Waals surface area contributed by atoms with Crippen LogP contribution in [0.5, 0.6) is 0 Å². The zero-order valence-electron chi connectivity index (χ0n) is 44.7. The predicted octanol–water partition coefficient (Wildman–Crippen LogP) is 20.4. The molecule has 9 rings (SSSR count). The minimum atomic E-state index is -0.159. The summed E-state index contributed by atoms with van der Waals surface area (Å²) in [5.74, 6) is 1.04. The van der Waals surface area contributed by atoms with E-state index in [1.54, 1.807) is 0 Å². The number of fused-ring (bicyclic) bond motifs is 3. The molecule has 362 valence electrons. The van der Waals surface area contributed by atoms with Crippen LogP contribution in [0.25, 0.3) is 33.4 Å². The molecule has 0 aliphatic heterocycles. The van der Waals surface area contributed by atoms with E-state index < -0.39 is 0 Å². The van der Waals surface area contributed by atoms with E-state index in [-0.39, 0.29) is 16.2 Å². The van der Waals surface area contributed by atoms with E-state index in [9.17, 15) is 0 Å². The molecule has 0 saturated heterocycles. The van der Waals surface area contributed by atoms with Gasteiger partial charge in [0.2, 0.25) is 0 Å². The number of nitrogens with zero attached hydrogens (tertiary/aromatic N) is 2. The van der Waals surface area contributed by atoms with Gasteiger partial charge in [-0.15, -0.1) is 0 Å². The molecule has 0 fully saturated rings. The molecule has 2 heteroatoms. The van der Waals surface area contributed by atoms with Crippen LogP contribution in [0.2, 0.25) is 0 Å².